The predicted molar refractivity (Wildman–Crippen MR) is 134 cm³/mol. The van der Waals surface area contributed by atoms with Gasteiger partial charge in [-0.2, -0.15) is 4.98 Å². The van der Waals surface area contributed by atoms with Gasteiger partial charge in [-0.3, -0.25) is 9.59 Å². The second-order valence-corrected chi connectivity index (χ2v) is 9.18. The zero-order valence-corrected chi connectivity index (χ0v) is 20.4. The average molecular weight is 501 g/mol. The van der Waals surface area contributed by atoms with Crippen LogP contribution in [0, 0.1) is 0 Å². The van der Waals surface area contributed by atoms with Gasteiger partial charge in [0.05, 0.1) is 18.9 Å². The Hall–Kier alpha value is -3.87. The molecule has 2 saturated heterocycles. The molecule has 13 nitrogen and oxygen atoms in total. The van der Waals surface area contributed by atoms with Gasteiger partial charge in [0.15, 0.2) is 0 Å². The number of carbonyl (C=O) groups excluding carboxylic acids is 1. The van der Waals surface area contributed by atoms with E-state index >= 15 is 0 Å². The second-order valence-electron chi connectivity index (χ2n) is 9.18. The number of amides is 2. The number of nitrogens with two attached hydrogens (primary N) is 1. The number of nitrogens with one attached hydrogen (secondary N) is 2. The van der Waals surface area contributed by atoms with Crippen molar-refractivity contribution < 1.29 is 19.4 Å². The van der Waals surface area contributed by atoms with Crippen LogP contribution >= 0.6 is 0 Å². The molecule has 4 heterocycles. The van der Waals surface area contributed by atoms with Crippen LogP contribution in [0.4, 0.5) is 27.9 Å². The first kappa shape index (κ1) is 25.2. The lowest BCUT2D eigenvalue weighted by molar-refractivity contribution is 0.100. The number of anilines is 4. The fraction of sp³-hybridized carbons (Fsp3) is 0.522. The zero-order valence-electron chi connectivity index (χ0n) is 20.4. The molecule has 0 aromatic carbocycles. The van der Waals surface area contributed by atoms with E-state index in [1.165, 1.54) is 6.20 Å². The molecule has 2 aliphatic rings. The van der Waals surface area contributed by atoms with Crippen LogP contribution in [0.3, 0.4) is 0 Å². The van der Waals surface area contributed by atoms with E-state index < -0.39 is 12.0 Å². The van der Waals surface area contributed by atoms with Crippen molar-refractivity contribution in [3.63, 3.8) is 0 Å². The van der Waals surface area contributed by atoms with Crippen molar-refractivity contribution in [2.24, 2.45) is 5.73 Å². The molecule has 1 atom stereocenters. The van der Waals surface area contributed by atoms with Crippen molar-refractivity contribution in [1.29, 1.82) is 0 Å². The Morgan fingerprint density at radius 3 is 2.64 bits per heavy atom. The molecule has 194 valence electrons. The molecule has 0 radical (unpaired) electrons. The van der Waals surface area contributed by atoms with E-state index in [9.17, 15) is 14.4 Å². The van der Waals surface area contributed by atoms with Gasteiger partial charge in [0.2, 0.25) is 5.95 Å². The smallest absolute Gasteiger partial charge is 0.404 e. The third-order valence-corrected chi connectivity index (χ3v) is 6.27. The Bertz CT molecular complexity index is 1180. The summed E-state index contributed by atoms with van der Waals surface area (Å²) in [5.41, 5.74) is 6.69. The van der Waals surface area contributed by atoms with Crippen molar-refractivity contribution in [3.05, 3.63) is 34.4 Å². The van der Waals surface area contributed by atoms with E-state index in [1.807, 2.05) is 23.6 Å². The monoisotopic (exact) mass is 500 g/mol. The number of hydrogen-bond donors (Lipinski definition) is 4. The van der Waals surface area contributed by atoms with Crippen LogP contribution < -0.4 is 31.7 Å². The van der Waals surface area contributed by atoms with Crippen LogP contribution in [0.5, 0.6) is 0 Å². The number of ether oxygens (including phenoxy) is 1. The van der Waals surface area contributed by atoms with Crippen molar-refractivity contribution in [3.8, 4) is 0 Å². The number of aromatic nitrogens is 3. The van der Waals surface area contributed by atoms with Crippen LogP contribution in [0.25, 0.3) is 0 Å². The van der Waals surface area contributed by atoms with Crippen molar-refractivity contribution in [2.75, 3.05) is 54.5 Å². The minimum absolute atomic E-state index is 0.0948. The SMILES string of the molecule is CC(C)n1cc(Nc2nc(N3CCCC(NC(=O)O)C3)ncc2C(N)=O)cc(N2CCOCC2)c1=O. The third-order valence-electron chi connectivity index (χ3n) is 6.27. The van der Waals surface area contributed by atoms with Crippen molar-refractivity contribution in [2.45, 2.75) is 38.8 Å². The van der Waals surface area contributed by atoms with Crippen LogP contribution in [0.1, 0.15) is 43.1 Å². The fourth-order valence-electron chi connectivity index (χ4n) is 4.46. The number of carboxylic acid groups (broad SMARTS) is 1. The van der Waals surface area contributed by atoms with E-state index in [2.05, 4.69) is 20.6 Å². The number of pyridine rings is 1. The Morgan fingerprint density at radius 1 is 1.22 bits per heavy atom. The Morgan fingerprint density at radius 2 is 1.97 bits per heavy atom. The summed E-state index contributed by atoms with van der Waals surface area (Å²) in [6.07, 6.45) is 3.45. The van der Waals surface area contributed by atoms with Gasteiger partial charge in [0.25, 0.3) is 11.5 Å². The quantitative estimate of drug-likeness (QED) is 0.432. The molecule has 0 saturated carbocycles. The molecule has 4 rings (SSSR count). The maximum atomic E-state index is 13.2. The lowest BCUT2D eigenvalue weighted by atomic mass is 10.1. The number of rotatable bonds is 7. The molecule has 2 amide bonds. The highest BCUT2D eigenvalue weighted by molar-refractivity contribution is 5.98. The van der Waals surface area contributed by atoms with Crippen LogP contribution in [0.15, 0.2) is 23.3 Å². The average Bonchev–Trinajstić information content (AvgIpc) is 2.85. The summed E-state index contributed by atoms with van der Waals surface area (Å²) in [5, 5.41) is 14.8. The maximum absolute atomic E-state index is 13.2. The lowest BCUT2D eigenvalue weighted by Gasteiger charge is -2.32. The van der Waals surface area contributed by atoms with Gasteiger partial charge in [-0.1, -0.05) is 0 Å². The third kappa shape index (κ3) is 5.67. The van der Waals surface area contributed by atoms with E-state index in [1.54, 1.807) is 16.8 Å². The summed E-state index contributed by atoms with van der Waals surface area (Å²) in [6.45, 7) is 7.16. The standard InChI is InChI=1S/C23H32N8O5/c1-14(2)31-13-16(10-18(21(31)33)29-6-8-36-9-7-29)26-20-17(19(24)32)11-25-22(28-20)30-5-3-4-15(12-30)27-23(34)35/h10-11,13-15,27H,3-9,12H2,1-2H3,(H2,24,32)(H,34,35)(H,25,26,28). The first-order valence-electron chi connectivity index (χ1n) is 12.0. The zero-order chi connectivity index (χ0) is 25.8. The van der Waals surface area contributed by atoms with E-state index in [4.69, 9.17) is 15.6 Å². The van der Waals surface area contributed by atoms with Gasteiger partial charge in [-0.25, -0.2) is 9.78 Å². The molecule has 13 heteroatoms. The molecule has 0 aliphatic carbocycles. The molecule has 2 aliphatic heterocycles. The summed E-state index contributed by atoms with van der Waals surface area (Å²) < 4.78 is 7.06. The molecule has 5 N–H and O–H groups in total. The second kappa shape index (κ2) is 10.8. The lowest BCUT2D eigenvalue weighted by Crippen LogP contribution is -2.48. The molecule has 2 fully saturated rings. The highest BCUT2D eigenvalue weighted by Crippen LogP contribution is 2.25. The van der Waals surface area contributed by atoms with Gasteiger partial charge < -0.3 is 40.6 Å². The number of piperidine rings is 1. The molecule has 36 heavy (non-hydrogen) atoms. The largest absolute Gasteiger partial charge is 0.465 e. The Balaban J connectivity index is 1.68. The minimum Gasteiger partial charge on any atom is -0.465 e. The fourth-order valence-corrected chi connectivity index (χ4v) is 4.46. The van der Waals surface area contributed by atoms with Gasteiger partial charge in [-0.15, -0.1) is 0 Å². The summed E-state index contributed by atoms with van der Waals surface area (Å²) in [7, 11) is 0. The van der Waals surface area contributed by atoms with Crippen LogP contribution in [-0.2, 0) is 4.74 Å². The van der Waals surface area contributed by atoms with E-state index in [0.29, 0.717) is 63.1 Å². The van der Waals surface area contributed by atoms with Gasteiger partial charge in [0, 0.05) is 50.7 Å². The number of primary amides is 1. The summed E-state index contributed by atoms with van der Waals surface area (Å²) in [4.78, 5) is 49.1. The summed E-state index contributed by atoms with van der Waals surface area (Å²) in [5.74, 6) is -0.133. The van der Waals surface area contributed by atoms with Crippen molar-refractivity contribution in [1.82, 2.24) is 19.9 Å². The molecule has 2 aromatic rings. The summed E-state index contributed by atoms with van der Waals surface area (Å²) in [6, 6.07) is 1.40. The minimum atomic E-state index is -1.08. The molecule has 1 unspecified atom stereocenters. The van der Waals surface area contributed by atoms with E-state index in [0.717, 1.165) is 6.42 Å². The summed E-state index contributed by atoms with van der Waals surface area (Å²) >= 11 is 0. The number of carbonyl (C=O) groups is 2. The number of hydrogen-bond acceptors (Lipinski definition) is 9. The highest BCUT2D eigenvalue weighted by atomic mass is 16.5. The Labute approximate surface area is 208 Å². The van der Waals surface area contributed by atoms with Crippen LogP contribution in [-0.4, -0.2) is 77.1 Å². The topological polar surface area (TPSA) is 168 Å². The number of morpholine rings is 1. The molecule has 0 spiro atoms. The number of nitrogens with zero attached hydrogens (tertiary/aromatic N) is 5. The maximum Gasteiger partial charge on any atom is 0.404 e. The first-order chi connectivity index (χ1) is 17.2. The van der Waals surface area contributed by atoms with E-state index in [-0.39, 0.29) is 29.0 Å². The molecular formula is C23H32N8O5. The predicted octanol–water partition coefficient (Wildman–Crippen LogP) is 1.13. The van der Waals surface area contributed by atoms with Crippen LogP contribution in [0.2, 0.25) is 0 Å². The van der Waals surface area contributed by atoms with Gasteiger partial charge >= 0.3 is 6.09 Å². The highest BCUT2D eigenvalue weighted by Gasteiger charge is 2.25. The van der Waals surface area contributed by atoms with Crippen molar-refractivity contribution >= 4 is 35.1 Å². The first-order valence-corrected chi connectivity index (χ1v) is 12.0. The molecule has 2 aromatic heterocycles. The van der Waals surface area contributed by atoms with Gasteiger partial charge in [-0.05, 0) is 32.8 Å². The normalized spacial score (nSPS) is 18.2. The Kier molecular flexibility index (Phi) is 7.58. The molecular weight excluding hydrogens is 468 g/mol. The van der Waals surface area contributed by atoms with Gasteiger partial charge in [0.1, 0.15) is 17.1 Å². The molecule has 0 bridgehead atoms.